The molecule has 1 aromatic carbocycles. The second kappa shape index (κ2) is 7.00. The van der Waals surface area contributed by atoms with E-state index in [0.717, 1.165) is 6.54 Å². The van der Waals surface area contributed by atoms with E-state index in [1.54, 1.807) is 7.11 Å². The monoisotopic (exact) mass is 218 g/mol. The van der Waals surface area contributed by atoms with Crippen molar-refractivity contribution in [3.05, 3.63) is 35.9 Å². The standard InChI is InChI=1S/C13H18N2O/c1-12(11-16-2)15(9-8-14)10-13-6-4-3-5-7-13/h3-7,12H,9-11H2,1-2H3/t12-/m0/s1. The Hall–Kier alpha value is -1.37. The Kier molecular flexibility index (Phi) is 5.55. The molecule has 0 saturated carbocycles. The molecule has 1 rings (SSSR count). The third-order valence-corrected chi connectivity index (χ3v) is 2.53. The van der Waals surface area contributed by atoms with E-state index in [1.165, 1.54) is 5.56 Å². The number of nitrogens with zero attached hydrogens (tertiary/aromatic N) is 2. The van der Waals surface area contributed by atoms with Crippen LogP contribution in [-0.4, -0.2) is 31.2 Å². The van der Waals surface area contributed by atoms with Gasteiger partial charge in [-0.3, -0.25) is 4.90 Å². The number of hydrogen-bond donors (Lipinski definition) is 0. The number of hydrogen-bond acceptors (Lipinski definition) is 3. The summed E-state index contributed by atoms with van der Waals surface area (Å²) < 4.78 is 5.12. The van der Waals surface area contributed by atoms with Crippen LogP contribution >= 0.6 is 0 Å². The Balaban J connectivity index is 2.61. The first-order valence-corrected chi connectivity index (χ1v) is 5.41. The van der Waals surface area contributed by atoms with Gasteiger partial charge in [-0.15, -0.1) is 0 Å². The molecule has 0 aromatic heterocycles. The van der Waals surface area contributed by atoms with Crippen molar-refractivity contribution in [2.75, 3.05) is 20.3 Å². The van der Waals surface area contributed by atoms with Gasteiger partial charge in [-0.05, 0) is 12.5 Å². The fourth-order valence-corrected chi connectivity index (χ4v) is 1.62. The largest absolute Gasteiger partial charge is 0.383 e. The lowest BCUT2D eigenvalue weighted by Crippen LogP contribution is -2.36. The fourth-order valence-electron chi connectivity index (χ4n) is 1.62. The number of ether oxygens (including phenoxy) is 1. The first-order chi connectivity index (χ1) is 7.77. The Bertz CT molecular complexity index is 332. The van der Waals surface area contributed by atoms with Gasteiger partial charge in [0.2, 0.25) is 0 Å². The van der Waals surface area contributed by atoms with Gasteiger partial charge >= 0.3 is 0 Å². The van der Waals surface area contributed by atoms with Gasteiger partial charge in [0.1, 0.15) is 0 Å². The molecule has 0 N–H and O–H groups in total. The van der Waals surface area contributed by atoms with Crippen molar-refractivity contribution in [1.29, 1.82) is 5.26 Å². The van der Waals surface area contributed by atoms with Crippen LogP contribution in [0.3, 0.4) is 0 Å². The summed E-state index contributed by atoms with van der Waals surface area (Å²) in [5.41, 5.74) is 1.22. The van der Waals surface area contributed by atoms with E-state index in [4.69, 9.17) is 10.00 Å². The van der Waals surface area contributed by atoms with Crippen molar-refractivity contribution in [2.24, 2.45) is 0 Å². The van der Waals surface area contributed by atoms with Gasteiger partial charge in [-0.1, -0.05) is 30.3 Å². The first-order valence-electron chi connectivity index (χ1n) is 5.41. The molecule has 0 aliphatic rings. The van der Waals surface area contributed by atoms with Crippen LogP contribution in [0, 0.1) is 11.3 Å². The molecular formula is C13H18N2O. The normalized spacial score (nSPS) is 12.4. The maximum atomic E-state index is 8.80. The third kappa shape index (κ3) is 4.01. The lowest BCUT2D eigenvalue weighted by Gasteiger charge is -2.26. The van der Waals surface area contributed by atoms with Crippen LogP contribution in [0.25, 0.3) is 0 Å². The highest BCUT2D eigenvalue weighted by Gasteiger charge is 2.13. The number of methoxy groups -OCH3 is 1. The Morgan fingerprint density at radius 1 is 1.38 bits per heavy atom. The summed E-state index contributed by atoms with van der Waals surface area (Å²) in [6.45, 7) is 3.94. The van der Waals surface area contributed by atoms with E-state index >= 15 is 0 Å². The second-order valence-electron chi connectivity index (χ2n) is 3.85. The summed E-state index contributed by atoms with van der Waals surface area (Å²) in [5, 5.41) is 8.80. The third-order valence-electron chi connectivity index (χ3n) is 2.53. The zero-order chi connectivity index (χ0) is 11.8. The highest BCUT2D eigenvalue weighted by atomic mass is 16.5. The molecule has 3 nitrogen and oxygen atoms in total. The van der Waals surface area contributed by atoms with Crippen LogP contribution < -0.4 is 0 Å². The van der Waals surface area contributed by atoms with E-state index in [0.29, 0.717) is 13.2 Å². The summed E-state index contributed by atoms with van der Waals surface area (Å²) in [5.74, 6) is 0. The molecule has 0 saturated heterocycles. The molecule has 0 bridgehead atoms. The van der Waals surface area contributed by atoms with Crippen LogP contribution in [0.1, 0.15) is 12.5 Å². The Morgan fingerprint density at radius 2 is 2.06 bits per heavy atom. The van der Waals surface area contributed by atoms with E-state index < -0.39 is 0 Å². The van der Waals surface area contributed by atoms with Gasteiger partial charge in [0, 0.05) is 19.7 Å². The molecule has 0 aliphatic carbocycles. The van der Waals surface area contributed by atoms with Crippen LogP contribution in [0.15, 0.2) is 30.3 Å². The number of nitriles is 1. The van der Waals surface area contributed by atoms with Crippen LogP contribution in [0.2, 0.25) is 0 Å². The predicted molar refractivity (Wildman–Crippen MR) is 63.8 cm³/mol. The molecule has 0 aliphatic heterocycles. The van der Waals surface area contributed by atoms with Gasteiger partial charge < -0.3 is 4.74 Å². The molecule has 0 fully saturated rings. The molecule has 16 heavy (non-hydrogen) atoms. The second-order valence-corrected chi connectivity index (χ2v) is 3.85. The van der Waals surface area contributed by atoms with Crippen LogP contribution in [0.4, 0.5) is 0 Å². The zero-order valence-electron chi connectivity index (χ0n) is 9.89. The minimum absolute atomic E-state index is 0.254. The average molecular weight is 218 g/mol. The summed E-state index contributed by atoms with van der Waals surface area (Å²) >= 11 is 0. The SMILES string of the molecule is COC[C@H](C)N(CC#N)Cc1ccccc1. The van der Waals surface area contributed by atoms with Gasteiger partial charge in [0.15, 0.2) is 0 Å². The lowest BCUT2D eigenvalue weighted by molar-refractivity contribution is 0.103. The van der Waals surface area contributed by atoms with Gasteiger partial charge in [-0.2, -0.15) is 5.26 Å². The molecule has 0 radical (unpaired) electrons. The molecule has 0 heterocycles. The Morgan fingerprint density at radius 3 is 2.62 bits per heavy atom. The van der Waals surface area contributed by atoms with Gasteiger partial charge in [0.05, 0.1) is 19.2 Å². The first kappa shape index (κ1) is 12.7. The van der Waals surface area contributed by atoms with Crippen LogP contribution in [0.5, 0.6) is 0 Å². The maximum absolute atomic E-state index is 8.80. The summed E-state index contributed by atoms with van der Waals surface area (Å²) in [6, 6.07) is 12.6. The molecular weight excluding hydrogens is 200 g/mol. The van der Waals surface area contributed by atoms with Crippen molar-refractivity contribution in [3.8, 4) is 6.07 Å². The topological polar surface area (TPSA) is 36.3 Å². The molecule has 0 spiro atoms. The van der Waals surface area contributed by atoms with E-state index in [9.17, 15) is 0 Å². The van der Waals surface area contributed by atoms with E-state index in [-0.39, 0.29) is 6.04 Å². The van der Waals surface area contributed by atoms with Crippen LogP contribution in [-0.2, 0) is 11.3 Å². The fraction of sp³-hybridized carbons (Fsp3) is 0.462. The molecule has 0 unspecified atom stereocenters. The Labute approximate surface area is 97.3 Å². The smallest absolute Gasteiger partial charge is 0.0871 e. The summed E-state index contributed by atoms with van der Waals surface area (Å²) in [6.07, 6.45) is 0. The van der Waals surface area contributed by atoms with Crippen molar-refractivity contribution in [3.63, 3.8) is 0 Å². The van der Waals surface area contributed by atoms with Crippen molar-refractivity contribution >= 4 is 0 Å². The maximum Gasteiger partial charge on any atom is 0.0871 e. The molecule has 86 valence electrons. The van der Waals surface area contributed by atoms with Gasteiger partial charge in [-0.25, -0.2) is 0 Å². The molecule has 3 heteroatoms. The van der Waals surface area contributed by atoms with E-state index in [1.807, 2.05) is 18.2 Å². The quantitative estimate of drug-likeness (QED) is 0.686. The highest BCUT2D eigenvalue weighted by molar-refractivity contribution is 5.14. The van der Waals surface area contributed by atoms with Crippen molar-refractivity contribution < 1.29 is 4.74 Å². The summed E-state index contributed by atoms with van der Waals surface area (Å²) in [4.78, 5) is 2.11. The van der Waals surface area contributed by atoms with Crippen molar-refractivity contribution in [2.45, 2.75) is 19.5 Å². The number of benzene rings is 1. The minimum Gasteiger partial charge on any atom is -0.383 e. The molecule has 1 aromatic rings. The number of rotatable bonds is 6. The predicted octanol–water partition coefficient (Wildman–Crippen LogP) is 2.05. The molecule has 1 atom stereocenters. The van der Waals surface area contributed by atoms with Crippen molar-refractivity contribution in [1.82, 2.24) is 4.90 Å². The van der Waals surface area contributed by atoms with Gasteiger partial charge in [0.25, 0.3) is 0 Å². The minimum atomic E-state index is 0.254. The summed E-state index contributed by atoms with van der Waals surface area (Å²) in [7, 11) is 1.68. The average Bonchev–Trinajstić information content (AvgIpc) is 2.30. The zero-order valence-corrected chi connectivity index (χ0v) is 9.89. The van der Waals surface area contributed by atoms with E-state index in [2.05, 4.69) is 30.0 Å². The highest BCUT2D eigenvalue weighted by Crippen LogP contribution is 2.07. The molecule has 0 amide bonds. The lowest BCUT2D eigenvalue weighted by atomic mass is 10.2.